The summed E-state index contributed by atoms with van der Waals surface area (Å²) in [4.78, 5) is 0. The first-order valence-corrected chi connectivity index (χ1v) is 5.76. The molecule has 1 rings (SSSR count). The van der Waals surface area contributed by atoms with Gasteiger partial charge >= 0.3 is 0 Å². The lowest BCUT2D eigenvalue weighted by atomic mass is 9.79. The van der Waals surface area contributed by atoms with Crippen LogP contribution in [0.15, 0.2) is 0 Å². The first-order valence-electron chi connectivity index (χ1n) is 4.62. The van der Waals surface area contributed by atoms with Gasteiger partial charge in [-0.05, 0) is 30.4 Å². The third-order valence-electron chi connectivity index (χ3n) is 2.89. The van der Waals surface area contributed by atoms with Crippen molar-refractivity contribution in [1.82, 2.24) is 0 Å². The van der Waals surface area contributed by atoms with E-state index in [2.05, 4.69) is 32.2 Å². The molecule has 0 nitrogen and oxygen atoms in total. The van der Waals surface area contributed by atoms with Gasteiger partial charge in [-0.1, -0.05) is 13.3 Å². The van der Waals surface area contributed by atoms with Gasteiger partial charge in [0.1, 0.15) is 6.17 Å². The summed E-state index contributed by atoms with van der Waals surface area (Å²) in [7, 11) is 0. The van der Waals surface area contributed by atoms with Crippen molar-refractivity contribution in [3.05, 3.63) is 0 Å². The Kier molecular flexibility index (Phi) is 4.24. The number of alkyl halides is 1. The van der Waals surface area contributed by atoms with Crippen LogP contribution in [0.2, 0.25) is 0 Å². The van der Waals surface area contributed by atoms with Crippen LogP contribution >= 0.6 is 25.3 Å². The Bertz CT molecular complexity index is 126. The third kappa shape index (κ3) is 2.32. The Hall–Kier alpha value is 0.630. The molecule has 0 spiro atoms. The minimum Gasteiger partial charge on any atom is -0.247 e. The summed E-state index contributed by atoms with van der Waals surface area (Å²) in [6.45, 7) is 2.06. The Morgan fingerprint density at radius 1 is 1.33 bits per heavy atom. The molecular formula is C9H17FS2. The van der Waals surface area contributed by atoms with Gasteiger partial charge in [0.05, 0.1) is 0 Å². The molecule has 1 saturated carbocycles. The summed E-state index contributed by atoms with van der Waals surface area (Å²) >= 11 is 8.65. The lowest BCUT2D eigenvalue weighted by Gasteiger charge is -2.35. The fourth-order valence-corrected chi connectivity index (χ4v) is 2.93. The molecule has 0 bridgehead atoms. The van der Waals surface area contributed by atoms with Gasteiger partial charge in [-0.15, -0.1) is 0 Å². The minimum absolute atomic E-state index is 0.222. The van der Waals surface area contributed by atoms with Crippen LogP contribution in [0.1, 0.15) is 26.2 Å². The van der Waals surface area contributed by atoms with E-state index in [0.717, 1.165) is 18.6 Å². The molecular weight excluding hydrogens is 191 g/mol. The van der Waals surface area contributed by atoms with Crippen molar-refractivity contribution in [1.29, 1.82) is 0 Å². The van der Waals surface area contributed by atoms with Crippen molar-refractivity contribution in [2.24, 2.45) is 11.8 Å². The van der Waals surface area contributed by atoms with E-state index >= 15 is 0 Å². The van der Waals surface area contributed by atoms with Crippen LogP contribution in [0.5, 0.6) is 0 Å². The number of hydrogen-bond acceptors (Lipinski definition) is 2. The molecule has 0 saturated heterocycles. The minimum atomic E-state index is -0.631. The highest BCUT2D eigenvalue weighted by Gasteiger charge is 2.33. The van der Waals surface area contributed by atoms with Crippen LogP contribution < -0.4 is 0 Å². The number of thiol groups is 2. The summed E-state index contributed by atoms with van der Waals surface area (Å²) in [6, 6.07) is 0. The molecule has 72 valence electrons. The quantitative estimate of drug-likeness (QED) is 0.640. The fourth-order valence-electron chi connectivity index (χ4n) is 1.93. The first-order chi connectivity index (χ1) is 5.69. The number of halogens is 1. The second-order valence-corrected chi connectivity index (χ2v) is 4.69. The second-order valence-electron chi connectivity index (χ2n) is 3.67. The fraction of sp³-hybridized carbons (Fsp3) is 1.00. The van der Waals surface area contributed by atoms with Crippen LogP contribution in [-0.2, 0) is 0 Å². The van der Waals surface area contributed by atoms with Crippen molar-refractivity contribution in [2.45, 2.75) is 37.6 Å². The zero-order valence-corrected chi connectivity index (χ0v) is 9.20. The van der Waals surface area contributed by atoms with Crippen molar-refractivity contribution in [2.75, 3.05) is 5.75 Å². The van der Waals surface area contributed by atoms with Crippen LogP contribution in [0.4, 0.5) is 4.39 Å². The first kappa shape index (κ1) is 10.7. The Morgan fingerprint density at radius 3 is 2.50 bits per heavy atom. The molecule has 0 amide bonds. The van der Waals surface area contributed by atoms with Crippen molar-refractivity contribution in [3.63, 3.8) is 0 Å². The van der Waals surface area contributed by atoms with E-state index < -0.39 is 6.17 Å². The average Bonchev–Trinajstić information content (AvgIpc) is 2.05. The smallest absolute Gasteiger partial charge is 0.104 e. The lowest BCUT2D eigenvalue weighted by molar-refractivity contribution is 0.138. The van der Waals surface area contributed by atoms with E-state index in [0.29, 0.717) is 12.3 Å². The summed E-state index contributed by atoms with van der Waals surface area (Å²) < 4.78 is 13.3. The topological polar surface area (TPSA) is 0 Å². The third-order valence-corrected chi connectivity index (χ3v) is 3.99. The van der Waals surface area contributed by atoms with Gasteiger partial charge < -0.3 is 0 Å². The van der Waals surface area contributed by atoms with Gasteiger partial charge in [-0.3, -0.25) is 0 Å². The lowest BCUT2D eigenvalue weighted by Crippen LogP contribution is -2.34. The van der Waals surface area contributed by atoms with Crippen LogP contribution in [0, 0.1) is 11.8 Å². The maximum Gasteiger partial charge on any atom is 0.104 e. The molecule has 1 aliphatic rings. The van der Waals surface area contributed by atoms with E-state index in [1.165, 1.54) is 0 Å². The Morgan fingerprint density at radius 2 is 2.00 bits per heavy atom. The molecule has 0 aromatic rings. The Balaban J connectivity index is 2.50. The molecule has 0 aliphatic heterocycles. The molecule has 0 N–H and O–H groups in total. The van der Waals surface area contributed by atoms with E-state index in [1.54, 1.807) is 0 Å². The molecule has 1 fully saturated rings. The molecule has 0 radical (unpaired) electrons. The normalized spacial score (nSPS) is 43.0. The highest BCUT2D eigenvalue weighted by atomic mass is 32.1. The maximum atomic E-state index is 13.3. The number of hydrogen-bond donors (Lipinski definition) is 2. The molecule has 0 heterocycles. The van der Waals surface area contributed by atoms with Crippen molar-refractivity contribution < 1.29 is 4.39 Å². The largest absolute Gasteiger partial charge is 0.247 e. The van der Waals surface area contributed by atoms with Crippen molar-refractivity contribution >= 4 is 25.3 Å². The molecule has 0 aromatic heterocycles. The van der Waals surface area contributed by atoms with Gasteiger partial charge in [0.2, 0.25) is 0 Å². The van der Waals surface area contributed by atoms with E-state index in [-0.39, 0.29) is 11.2 Å². The van der Waals surface area contributed by atoms with Gasteiger partial charge in [0.25, 0.3) is 0 Å². The molecule has 3 heteroatoms. The average molecular weight is 208 g/mol. The molecule has 4 atom stereocenters. The summed E-state index contributed by atoms with van der Waals surface area (Å²) in [5, 5.41) is 0.222. The standard InChI is InChI=1S/C9H17FS2/c1-2-6-3-7(5-11)9(12)4-8(6)10/h6-9,11-12H,2-5H2,1H3. The highest BCUT2D eigenvalue weighted by Crippen LogP contribution is 2.36. The Labute approximate surface area is 85.1 Å². The van der Waals surface area contributed by atoms with Crippen LogP contribution in [-0.4, -0.2) is 17.2 Å². The van der Waals surface area contributed by atoms with Gasteiger partial charge in [0, 0.05) is 5.25 Å². The van der Waals surface area contributed by atoms with Gasteiger partial charge in [-0.25, -0.2) is 4.39 Å². The van der Waals surface area contributed by atoms with Gasteiger partial charge in [0.15, 0.2) is 0 Å². The monoisotopic (exact) mass is 208 g/mol. The molecule has 4 unspecified atom stereocenters. The molecule has 12 heavy (non-hydrogen) atoms. The zero-order chi connectivity index (χ0) is 9.14. The van der Waals surface area contributed by atoms with Gasteiger partial charge in [-0.2, -0.15) is 25.3 Å². The molecule has 1 aliphatic carbocycles. The summed E-state index contributed by atoms with van der Waals surface area (Å²) in [5.41, 5.74) is 0. The van der Waals surface area contributed by atoms with Crippen LogP contribution in [0.3, 0.4) is 0 Å². The zero-order valence-electron chi connectivity index (χ0n) is 7.41. The predicted molar refractivity (Wildman–Crippen MR) is 58.0 cm³/mol. The summed E-state index contributed by atoms with van der Waals surface area (Å²) in [5.74, 6) is 1.61. The summed E-state index contributed by atoms with van der Waals surface area (Å²) in [6.07, 6.45) is 1.90. The van der Waals surface area contributed by atoms with E-state index in [4.69, 9.17) is 0 Å². The van der Waals surface area contributed by atoms with E-state index in [9.17, 15) is 4.39 Å². The maximum absolute atomic E-state index is 13.3. The van der Waals surface area contributed by atoms with Crippen molar-refractivity contribution in [3.8, 4) is 0 Å². The number of rotatable bonds is 2. The predicted octanol–water partition coefficient (Wildman–Crippen LogP) is 2.99. The molecule has 0 aromatic carbocycles. The SMILES string of the molecule is CCC1CC(CS)C(S)CC1F. The second kappa shape index (κ2) is 4.75. The van der Waals surface area contributed by atoms with E-state index in [1.807, 2.05) is 0 Å². The van der Waals surface area contributed by atoms with Crippen LogP contribution in [0.25, 0.3) is 0 Å². The highest BCUT2D eigenvalue weighted by molar-refractivity contribution is 7.81.